The molecule has 3 aromatic rings. The summed E-state index contributed by atoms with van der Waals surface area (Å²) in [5.41, 5.74) is 2.47. The van der Waals surface area contributed by atoms with Gasteiger partial charge in [-0.15, -0.1) is 0 Å². The Bertz CT molecular complexity index is 1080. The Kier molecular flexibility index (Phi) is 6.92. The highest BCUT2D eigenvalue weighted by Crippen LogP contribution is 2.29. The summed E-state index contributed by atoms with van der Waals surface area (Å²) >= 11 is 0. The molecule has 8 heteroatoms. The maximum absolute atomic E-state index is 13.0. The Morgan fingerprint density at radius 2 is 1.64 bits per heavy atom. The molecule has 1 aromatic heterocycles. The molecule has 1 fully saturated rings. The second-order valence-electron chi connectivity index (χ2n) is 7.87. The molecular weight excluding hydrogens is 420 g/mol. The summed E-state index contributed by atoms with van der Waals surface area (Å²) in [7, 11) is 4.81. The van der Waals surface area contributed by atoms with Gasteiger partial charge in [-0.2, -0.15) is 0 Å². The lowest BCUT2D eigenvalue weighted by Gasteiger charge is -2.33. The van der Waals surface area contributed by atoms with E-state index in [1.807, 2.05) is 30.3 Å². The maximum Gasteiger partial charge on any atom is 0.229 e. The predicted octanol–water partition coefficient (Wildman–Crippen LogP) is 4.02. The van der Waals surface area contributed by atoms with Crippen LogP contribution in [0.1, 0.15) is 12.8 Å². The van der Waals surface area contributed by atoms with Crippen LogP contribution in [0.3, 0.4) is 0 Å². The summed E-state index contributed by atoms with van der Waals surface area (Å²) in [6.07, 6.45) is 3.29. The van der Waals surface area contributed by atoms with Crippen LogP contribution in [0.4, 0.5) is 11.5 Å². The highest BCUT2D eigenvalue weighted by molar-refractivity contribution is 5.93. The highest BCUT2D eigenvalue weighted by Gasteiger charge is 2.27. The number of carbonyl (C=O) groups excluding carboxylic acids is 1. The van der Waals surface area contributed by atoms with Gasteiger partial charge in [-0.3, -0.25) is 4.79 Å². The molecule has 2 aromatic carbocycles. The molecule has 172 valence electrons. The van der Waals surface area contributed by atoms with E-state index >= 15 is 0 Å². The first-order chi connectivity index (χ1) is 16.1. The third kappa shape index (κ3) is 5.34. The van der Waals surface area contributed by atoms with Crippen LogP contribution in [0.2, 0.25) is 0 Å². The number of methoxy groups -OCH3 is 3. The Labute approximate surface area is 193 Å². The van der Waals surface area contributed by atoms with Crippen LogP contribution in [-0.4, -0.2) is 50.3 Å². The molecule has 0 bridgehead atoms. The Morgan fingerprint density at radius 1 is 0.939 bits per heavy atom. The molecule has 1 unspecified atom stereocenters. The minimum Gasteiger partial charge on any atom is -0.497 e. The van der Waals surface area contributed by atoms with E-state index in [1.165, 1.54) is 0 Å². The number of hydrogen-bond acceptors (Lipinski definition) is 7. The fourth-order valence-corrected chi connectivity index (χ4v) is 3.96. The zero-order valence-corrected chi connectivity index (χ0v) is 19.1. The number of ether oxygens (including phenoxy) is 3. The molecule has 1 aliphatic heterocycles. The van der Waals surface area contributed by atoms with Gasteiger partial charge in [0.1, 0.15) is 29.4 Å². The van der Waals surface area contributed by atoms with E-state index < -0.39 is 0 Å². The van der Waals surface area contributed by atoms with Gasteiger partial charge in [-0.05, 0) is 37.1 Å². The largest absolute Gasteiger partial charge is 0.497 e. The number of hydrogen-bond donors (Lipinski definition) is 1. The van der Waals surface area contributed by atoms with Crippen molar-refractivity contribution in [1.29, 1.82) is 0 Å². The average Bonchev–Trinajstić information content (AvgIpc) is 2.88. The molecule has 0 radical (unpaired) electrons. The molecule has 8 nitrogen and oxygen atoms in total. The van der Waals surface area contributed by atoms with Crippen LogP contribution in [0.5, 0.6) is 17.2 Å². The number of nitrogens with zero attached hydrogens (tertiary/aromatic N) is 3. The number of carbonyl (C=O) groups is 1. The zero-order valence-electron chi connectivity index (χ0n) is 19.1. The van der Waals surface area contributed by atoms with Crippen molar-refractivity contribution >= 4 is 17.4 Å². The van der Waals surface area contributed by atoms with Crippen LogP contribution >= 0.6 is 0 Å². The standard InChI is InChI=1S/C25H28N4O4/c1-31-20-8-6-17(7-9-20)23-14-24(27-16-26-23)29-10-4-5-18(15-29)25(30)28-19-11-21(32-2)13-22(12-19)33-3/h6-9,11-14,16,18H,4-5,10,15H2,1-3H3,(H,28,30). The van der Waals surface area contributed by atoms with Crippen LogP contribution in [0, 0.1) is 5.92 Å². The van der Waals surface area contributed by atoms with Gasteiger partial charge < -0.3 is 24.4 Å². The van der Waals surface area contributed by atoms with Crippen LogP contribution in [0.15, 0.2) is 54.9 Å². The van der Waals surface area contributed by atoms with E-state index in [4.69, 9.17) is 14.2 Å². The molecule has 0 saturated carbocycles. The lowest BCUT2D eigenvalue weighted by atomic mass is 9.97. The fourth-order valence-electron chi connectivity index (χ4n) is 3.96. The maximum atomic E-state index is 13.0. The van der Waals surface area contributed by atoms with Gasteiger partial charge in [0.25, 0.3) is 0 Å². The van der Waals surface area contributed by atoms with Crippen molar-refractivity contribution in [2.45, 2.75) is 12.8 Å². The van der Waals surface area contributed by atoms with Gasteiger partial charge in [0.15, 0.2) is 0 Å². The van der Waals surface area contributed by atoms with E-state index in [0.29, 0.717) is 23.7 Å². The van der Waals surface area contributed by atoms with Gasteiger partial charge in [-0.25, -0.2) is 9.97 Å². The third-order valence-corrected chi connectivity index (χ3v) is 5.77. The van der Waals surface area contributed by atoms with Crippen LogP contribution in [-0.2, 0) is 4.79 Å². The van der Waals surface area contributed by atoms with E-state index in [1.54, 1.807) is 45.9 Å². The molecule has 1 amide bonds. The molecule has 1 aliphatic rings. The van der Waals surface area contributed by atoms with Gasteiger partial charge in [-0.1, -0.05) is 0 Å². The molecule has 0 aliphatic carbocycles. The first-order valence-corrected chi connectivity index (χ1v) is 10.8. The quantitative estimate of drug-likeness (QED) is 0.584. The van der Waals surface area contributed by atoms with Gasteiger partial charge in [0.05, 0.1) is 32.9 Å². The Morgan fingerprint density at radius 3 is 2.30 bits per heavy atom. The first kappa shape index (κ1) is 22.4. The molecular formula is C25H28N4O4. The predicted molar refractivity (Wildman–Crippen MR) is 127 cm³/mol. The molecule has 2 heterocycles. The topological polar surface area (TPSA) is 85.8 Å². The Hall–Kier alpha value is -3.81. The van der Waals surface area contributed by atoms with E-state index in [2.05, 4.69) is 20.2 Å². The van der Waals surface area contributed by atoms with Crippen molar-refractivity contribution < 1.29 is 19.0 Å². The van der Waals surface area contributed by atoms with E-state index in [-0.39, 0.29) is 11.8 Å². The Balaban J connectivity index is 1.47. The monoisotopic (exact) mass is 448 g/mol. The highest BCUT2D eigenvalue weighted by atomic mass is 16.5. The molecule has 1 saturated heterocycles. The average molecular weight is 449 g/mol. The molecule has 1 atom stereocenters. The van der Waals surface area contributed by atoms with Crippen LogP contribution in [0.25, 0.3) is 11.3 Å². The number of amides is 1. The van der Waals surface area contributed by atoms with E-state index in [0.717, 1.165) is 42.2 Å². The van der Waals surface area contributed by atoms with Gasteiger partial charge in [0.2, 0.25) is 5.91 Å². The second-order valence-corrected chi connectivity index (χ2v) is 7.87. The lowest BCUT2D eigenvalue weighted by molar-refractivity contribution is -0.120. The molecule has 0 spiro atoms. The van der Waals surface area contributed by atoms with Crippen molar-refractivity contribution in [1.82, 2.24) is 9.97 Å². The smallest absolute Gasteiger partial charge is 0.229 e. The summed E-state index contributed by atoms with van der Waals surface area (Å²) in [5.74, 6) is 2.68. The SMILES string of the molecule is COc1ccc(-c2cc(N3CCCC(C(=O)Nc4cc(OC)cc(OC)c4)C3)ncn2)cc1. The lowest BCUT2D eigenvalue weighted by Crippen LogP contribution is -2.41. The number of piperidine rings is 1. The molecule has 33 heavy (non-hydrogen) atoms. The van der Waals surface area contributed by atoms with Gasteiger partial charge >= 0.3 is 0 Å². The van der Waals surface area contributed by atoms with Crippen molar-refractivity contribution in [3.05, 3.63) is 54.9 Å². The molecule has 1 N–H and O–H groups in total. The number of benzene rings is 2. The summed E-state index contributed by atoms with van der Waals surface area (Å²) in [6, 6.07) is 15.1. The third-order valence-electron chi connectivity index (χ3n) is 5.77. The fraction of sp³-hybridized carbons (Fsp3) is 0.320. The minimum atomic E-state index is -0.157. The number of nitrogens with one attached hydrogen (secondary N) is 1. The van der Waals surface area contributed by atoms with Crippen LogP contribution < -0.4 is 24.4 Å². The summed E-state index contributed by atoms with van der Waals surface area (Å²) in [4.78, 5) is 24.1. The normalized spacial score (nSPS) is 15.6. The summed E-state index contributed by atoms with van der Waals surface area (Å²) in [5, 5.41) is 3.01. The van der Waals surface area contributed by atoms with Gasteiger partial charge in [0, 0.05) is 48.6 Å². The molecule has 4 rings (SSSR count). The zero-order chi connectivity index (χ0) is 23.2. The van der Waals surface area contributed by atoms with Crippen molar-refractivity contribution in [2.75, 3.05) is 44.6 Å². The number of anilines is 2. The summed E-state index contributed by atoms with van der Waals surface area (Å²) in [6.45, 7) is 1.43. The summed E-state index contributed by atoms with van der Waals surface area (Å²) < 4.78 is 15.8. The second kappa shape index (κ2) is 10.2. The van der Waals surface area contributed by atoms with Crippen molar-refractivity contribution in [2.24, 2.45) is 5.92 Å². The minimum absolute atomic E-state index is 0.0283. The van der Waals surface area contributed by atoms with E-state index in [9.17, 15) is 4.79 Å². The first-order valence-electron chi connectivity index (χ1n) is 10.8. The van der Waals surface area contributed by atoms with Crippen molar-refractivity contribution in [3.63, 3.8) is 0 Å². The van der Waals surface area contributed by atoms with Crippen molar-refractivity contribution in [3.8, 4) is 28.5 Å². The number of aromatic nitrogens is 2. The number of rotatable bonds is 7.